The quantitative estimate of drug-likeness (QED) is 0.0744. The molecule has 0 aromatic heterocycles. The third-order valence-corrected chi connectivity index (χ3v) is 8.30. The predicted octanol–water partition coefficient (Wildman–Crippen LogP) is 12.2. The smallest absolute Gasteiger partial charge is 0.223 e. The van der Waals surface area contributed by atoms with Crippen molar-refractivity contribution in [1.29, 1.82) is 0 Å². The zero-order valence-corrected chi connectivity index (χ0v) is 28.8. The topological polar surface area (TPSA) is 72.2 Å². The van der Waals surface area contributed by atoms with E-state index < -0.39 is 0 Å². The fourth-order valence-electron chi connectivity index (χ4n) is 5.51. The van der Waals surface area contributed by atoms with Crippen LogP contribution in [0.15, 0.2) is 12.8 Å². The third-order valence-electron chi connectivity index (χ3n) is 8.30. The van der Waals surface area contributed by atoms with Gasteiger partial charge in [0.05, 0.1) is 0 Å². The summed E-state index contributed by atoms with van der Waals surface area (Å²) in [6, 6.07) is 0. The molecule has 4 nitrogen and oxygen atoms in total. The Morgan fingerprint density at radius 2 is 0.690 bits per heavy atom. The first-order chi connectivity index (χ1) is 20.6. The second-order valence-electron chi connectivity index (χ2n) is 12.6. The minimum atomic E-state index is -0.153. The monoisotopic (exact) mass is 593 g/mol. The van der Waals surface area contributed by atoms with Crippen LogP contribution in [0.25, 0.3) is 0 Å². The van der Waals surface area contributed by atoms with E-state index in [1.54, 1.807) is 0 Å². The van der Waals surface area contributed by atoms with Crippen LogP contribution in [0.5, 0.6) is 0 Å². The van der Waals surface area contributed by atoms with Gasteiger partial charge in [0, 0.05) is 12.8 Å². The van der Waals surface area contributed by atoms with E-state index in [4.69, 9.17) is 5.73 Å². The molecule has 0 aromatic carbocycles. The highest BCUT2D eigenvalue weighted by Crippen LogP contribution is 2.15. The van der Waals surface area contributed by atoms with Crippen molar-refractivity contribution in [1.82, 2.24) is 5.32 Å². The summed E-state index contributed by atoms with van der Waals surface area (Å²) in [5.41, 5.74) is 5.11. The largest absolute Gasteiger partial charge is 0.370 e. The van der Waals surface area contributed by atoms with Crippen molar-refractivity contribution in [3.63, 3.8) is 0 Å². The van der Waals surface area contributed by atoms with Crippen LogP contribution in [-0.2, 0) is 9.59 Å². The second kappa shape index (κ2) is 39.7. The number of rotatable bonds is 33. The molecule has 0 fully saturated rings. The Morgan fingerprint density at radius 3 is 0.929 bits per heavy atom. The highest BCUT2D eigenvalue weighted by molar-refractivity contribution is 5.76. The minimum Gasteiger partial charge on any atom is -0.370 e. The number of carbonyl (C=O) groups excluding carboxylic acids is 2. The van der Waals surface area contributed by atoms with E-state index in [9.17, 15) is 9.59 Å². The first kappa shape index (κ1) is 42.8. The van der Waals surface area contributed by atoms with Crippen LogP contribution in [0, 0.1) is 0 Å². The Bertz CT molecular complexity index is 549. The molecule has 0 spiro atoms. The number of primary amides is 1. The highest BCUT2D eigenvalue weighted by Gasteiger charge is 1.99. The number of hydrogen-bond acceptors (Lipinski definition) is 2. The van der Waals surface area contributed by atoms with Gasteiger partial charge in [-0.15, -0.1) is 0 Å². The van der Waals surface area contributed by atoms with Gasteiger partial charge >= 0.3 is 0 Å². The average Bonchev–Trinajstić information content (AvgIpc) is 2.97. The van der Waals surface area contributed by atoms with Gasteiger partial charge in [0.25, 0.3) is 0 Å². The van der Waals surface area contributed by atoms with Gasteiger partial charge in [-0.3, -0.25) is 9.59 Å². The number of amides is 2. The zero-order valence-electron chi connectivity index (χ0n) is 28.8. The van der Waals surface area contributed by atoms with E-state index in [1.807, 2.05) is 0 Å². The summed E-state index contributed by atoms with van der Waals surface area (Å²) in [5, 5.41) is 2.62. The van der Waals surface area contributed by atoms with Crippen LogP contribution in [0.3, 0.4) is 0 Å². The van der Waals surface area contributed by atoms with Crippen molar-refractivity contribution >= 4 is 11.8 Å². The van der Waals surface area contributed by atoms with E-state index in [2.05, 4.69) is 25.7 Å². The maximum absolute atomic E-state index is 11.2. The van der Waals surface area contributed by atoms with Gasteiger partial charge in [-0.05, 0) is 19.0 Å². The Labute approximate surface area is 264 Å². The summed E-state index contributed by atoms with van der Waals surface area (Å²) in [6.45, 7) is 8.04. The average molecular weight is 593 g/mol. The fraction of sp³-hybridized carbons (Fsp3) is 0.895. The Hall–Kier alpha value is -1.32. The van der Waals surface area contributed by atoms with Crippen molar-refractivity contribution in [2.24, 2.45) is 5.73 Å². The molecule has 3 N–H and O–H groups in total. The first-order valence-electron chi connectivity index (χ1n) is 18.8. The van der Waals surface area contributed by atoms with Gasteiger partial charge in [-0.2, -0.15) is 0 Å². The van der Waals surface area contributed by atoms with E-state index in [-0.39, 0.29) is 11.8 Å². The van der Waals surface area contributed by atoms with Crippen LogP contribution in [-0.4, -0.2) is 11.8 Å². The van der Waals surface area contributed by atoms with Crippen molar-refractivity contribution < 1.29 is 9.59 Å². The number of hydrogen-bond donors (Lipinski definition) is 2. The molecular formula is C38H76N2O2. The summed E-state index contributed by atoms with van der Waals surface area (Å²) in [4.78, 5) is 21.8. The molecule has 4 heteroatoms. The molecule has 0 aromatic rings. The van der Waals surface area contributed by atoms with Gasteiger partial charge in [0.2, 0.25) is 11.8 Å². The highest BCUT2D eigenvalue weighted by atomic mass is 16.1. The lowest BCUT2D eigenvalue weighted by Crippen LogP contribution is -2.15. The number of nitrogens with two attached hydrogens (primary N) is 1. The fourth-order valence-corrected chi connectivity index (χ4v) is 5.51. The van der Waals surface area contributed by atoms with Crippen molar-refractivity contribution in [2.75, 3.05) is 0 Å². The molecule has 0 saturated carbocycles. The molecule has 0 radical (unpaired) electrons. The van der Waals surface area contributed by atoms with Crippen LogP contribution < -0.4 is 11.1 Å². The summed E-state index contributed by atoms with van der Waals surface area (Å²) < 4.78 is 0. The van der Waals surface area contributed by atoms with Crippen LogP contribution in [0.4, 0.5) is 0 Å². The third kappa shape index (κ3) is 43.1. The van der Waals surface area contributed by atoms with Crippen molar-refractivity contribution in [3.05, 3.63) is 12.8 Å². The normalized spacial score (nSPS) is 10.7. The molecule has 0 aliphatic carbocycles. The van der Waals surface area contributed by atoms with Gasteiger partial charge in [-0.25, -0.2) is 0 Å². The van der Waals surface area contributed by atoms with Crippen LogP contribution in [0.2, 0.25) is 0 Å². The molecular weight excluding hydrogens is 516 g/mol. The Kier molecular flexibility index (Phi) is 40.4. The molecule has 0 rings (SSSR count). The molecule has 0 heterocycles. The number of nitrogens with one attached hydrogen (secondary N) is 1. The molecule has 2 amide bonds. The number of unbranched alkanes of at least 4 members (excludes halogenated alkanes) is 28. The van der Waals surface area contributed by atoms with Crippen molar-refractivity contribution in [2.45, 2.75) is 219 Å². The van der Waals surface area contributed by atoms with E-state index >= 15 is 0 Å². The number of carbonyl (C=O) groups is 2. The first-order valence-corrected chi connectivity index (χ1v) is 18.8. The summed E-state index contributed by atoms with van der Waals surface area (Å²) in [5.74, 6) is -0.0515. The summed E-state index contributed by atoms with van der Waals surface area (Å²) >= 11 is 0. The van der Waals surface area contributed by atoms with Gasteiger partial charge in [-0.1, -0.05) is 200 Å². The molecule has 0 saturated heterocycles. The lowest BCUT2D eigenvalue weighted by atomic mass is 10.0. The Balaban J connectivity index is 0. The summed E-state index contributed by atoms with van der Waals surface area (Å²) in [6.07, 6.45) is 43.4. The predicted molar refractivity (Wildman–Crippen MR) is 187 cm³/mol. The molecule has 250 valence electrons. The standard InChI is InChI=1S/C20H39NO.C18H37NO/c1-3-5-6-7-8-9-10-11-12-13-14-15-16-17-18-19-20(22)21-4-2;1-2-3-4-5-6-7-8-9-10-11-12-13-14-15-16-17-18(19)20/h4H,2-3,5-19H2,1H3,(H,21,22);2-17H2,1H3,(H2,19,20). The lowest BCUT2D eigenvalue weighted by Gasteiger charge is -2.03. The van der Waals surface area contributed by atoms with Crippen molar-refractivity contribution in [3.8, 4) is 0 Å². The SMILES string of the molecule is C=CNC(=O)CCCCCCCCCCCCCCCCC.CCCCCCCCCCCCCCCCCC(N)=O. The minimum absolute atomic E-state index is 0.102. The van der Waals surface area contributed by atoms with Crippen LogP contribution in [0.1, 0.15) is 219 Å². The maximum Gasteiger partial charge on any atom is 0.223 e. The van der Waals surface area contributed by atoms with Gasteiger partial charge in [0.1, 0.15) is 0 Å². The maximum atomic E-state index is 11.2. The molecule has 0 atom stereocenters. The van der Waals surface area contributed by atoms with E-state index in [0.29, 0.717) is 12.8 Å². The Morgan fingerprint density at radius 1 is 0.452 bits per heavy atom. The second-order valence-corrected chi connectivity index (χ2v) is 12.6. The lowest BCUT2D eigenvalue weighted by molar-refractivity contribution is -0.120. The van der Waals surface area contributed by atoms with Gasteiger partial charge < -0.3 is 11.1 Å². The molecule has 42 heavy (non-hydrogen) atoms. The molecule has 0 unspecified atom stereocenters. The zero-order chi connectivity index (χ0) is 31.2. The summed E-state index contributed by atoms with van der Waals surface area (Å²) in [7, 11) is 0. The van der Waals surface area contributed by atoms with Crippen LogP contribution >= 0.6 is 0 Å². The molecule has 0 aliphatic heterocycles. The molecule has 0 aliphatic rings. The van der Waals surface area contributed by atoms with E-state index in [0.717, 1.165) is 12.8 Å². The molecule has 0 bridgehead atoms. The van der Waals surface area contributed by atoms with Gasteiger partial charge in [0.15, 0.2) is 0 Å². The van der Waals surface area contributed by atoms with E-state index in [1.165, 1.54) is 186 Å².